The highest BCUT2D eigenvalue weighted by atomic mass is 19.1. The second-order valence-corrected chi connectivity index (χ2v) is 14.9. The molecule has 3 aliphatic rings. The number of alkyl carbamates (subject to hydrolysis) is 1. The van der Waals surface area contributed by atoms with Crippen molar-refractivity contribution in [3.05, 3.63) is 141 Å². The van der Waals surface area contributed by atoms with E-state index in [9.17, 15) is 24.6 Å². The number of aromatic amines is 1. The Balaban J connectivity index is 0.862. The average molecular weight is 778 g/mol. The van der Waals surface area contributed by atoms with Crippen molar-refractivity contribution in [1.29, 1.82) is 0 Å². The molecule has 3 fully saturated rings. The largest absolute Gasteiger partial charge is 0.506 e. The van der Waals surface area contributed by atoms with Gasteiger partial charge in [0.05, 0.1) is 29.8 Å². The Morgan fingerprint density at radius 1 is 0.895 bits per heavy atom. The number of aromatic hydroxyl groups is 1. The average Bonchev–Trinajstić information content (AvgIpc) is 3.22. The maximum absolute atomic E-state index is 15.1. The van der Waals surface area contributed by atoms with E-state index >= 15 is 4.39 Å². The summed E-state index contributed by atoms with van der Waals surface area (Å²) in [4.78, 5) is 42.5. The van der Waals surface area contributed by atoms with Gasteiger partial charge in [-0.3, -0.25) is 9.69 Å². The van der Waals surface area contributed by atoms with Gasteiger partial charge in [-0.1, -0.05) is 73.9 Å². The highest BCUT2D eigenvalue weighted by Crippen LogP contribution is 2.32. The van der Waals surface area contributed by atoms with Crippen molar-refractivity contribution in [3.63, 3.8) is 0 Å². The zero-order valence-corrected chi connectivity index (χ0v) is 31.7. The Labute approximate surface area is 330 Å². The number of hydrogen-bond acceptors (Lipinski definition) is 9. The number of carbonyl (C=O) groups is 2. The Morgan fingerprint density at radius 3 is 2.46 bits per heavy atom. The summed E-state index contributed by atoms with van der Waals surface area (Å²) in [6, 6.07) is 26.9. The normalized spacial score (nSPS) is 18.5. The molecular formula is C45H48FN3O8. The van der Waals surface area contributed by atoms with E-state index in [-0.39, 0.29) is 36.2 Å². The van der Waals surface area contributed by atoms with Crippen molar-refractivity contribution in [3.8, 4) is 11.5 Å². The van der Waals surface area contributed by atoms with E-state index in [1.54, 1.807) is 24.3 Å². The Hall–Kier alpha value is -5.72. The molecule has 1 aromatic heterocycles. The molecule has 1 unspecified atom stereocenters. The van der Waals surface area contributed by atoms with Crippen LogP contribution < -0.4 is 15.6 Å². The van der Waals surface area contributed by atoms with Gasteiger partial charge in [-0.15, -0.1) is 0 Å². The first-order chi connectivity index (χ1) is 27.7. The maximum Gasteiger partial charge on any atom is 0.408 e. The lowest BCUT2D eigenvalue weighted by molar-refractivity contribution is -0.0336. The monoisotopic (exact) mass is 777 g/mol. The van der Waals surface area contributed by atoms with E-state index in [1.165, 1.54) is 24.3 Å². The fourth-order valence-electron chi connectivity index (χ4n) is 7.84. The standard InChI is InChI=1S/C45H48FN3O8/c46-37-25-29(14-15-36(37)44(53)55-24-7-2-1-6-13-38(50)34-16-18-39(51)43-35(34)17-19-41(52)47-43)28-56-33-12-8-11-32(26-33)42(31-9-4-3-5-10-31)48-45(54)57-40-27-49-22-20-30(40)21-23-49/h3-5,8-12,14-19,25-26,30,38,40,42,50-51H,1-2,6-7,13,20-24,27-28H2,(H,47,52)(H,48,54)/t38-,40-,42?/m0/s1. The SMILES string of the molecule is O=C(NC(c1ccccc1)c1cccc(OCc2ccc(C(=O)OCCCCCC[C@H](O)c3ccc(O)c4[nH]c(=O)ccc34)c(F)c2)c1)O[C@H]1CN2CCC1CC2. The van der Waals surface area contributed by atoms with Crippen LogP contribution in [0, 0.1) is 11.7 Å². The summed E-state index contributed by atoms with van der Waals surface area (Å²) in [5.74, 6) is -0.578. The highest BCUT2D eigenvalue weighted by Gasteiger charge is 2.37. The van der Waals surface area contributed by atoms with Gasteiger partial charge < -0.3 is 34.7 Å². The lowest BCUT2D eigenvalue weighted by Gasteiger charge is -2.43. The van der Waals surface area contributed by atoms with Crippen molar-refractivity contribution in [2.24, 2.45) is 5.92 Å². The zero-order chi connectivity index (χ0) is 39.7. The summed E-state index contributed by atoms with van der Waals surface area (Å²) in [7, 11) is 0. The number of aliphatic hydroxyl groups is 1. The quantitative estimate of drug-likeness (QED) is 0.0584. The summed E-state index contributed by atoms with van der Waals surface area (Å²) in [6.07, 6.45) is 4.03. The highest BCUT2D eigenvalue weighted by molar-refractivity contribution is 5.89. The number of pyridine rings is 1. The first kappa shape index (κ1) is 39.5. The van der Waals surface area contributed by atoms with Crippen LogP contribution in [0.4, 0.5) is 9.18 Å². The topological polar surface area (TPSA) is 150 Å². The van der Waals surface area contributed by atoms with Gasteiger partial charge in [0.15, 0.2) is 0 Å². The van der Waals surface area contributed by atoms with Crippen LogP contribution in [0.1, 0.15) is 89.7 Å². The zero-order valence-electron chi connectivity index (χ0n) is 31.7. The Kier molecular flexibility index (Phi) is 12.8. The molecule has 3 atom stereocenters. The van der Waals surface area contributed by atoms with Gasteiger partial charge in [-0.25, -0.2) is 14.0 Å². The van der Waals surface area contributed by atoms with Gasteiger partial charge in [0.25, 0.3) is 0 Å². The molecule has 3 aliphatic heterocycles. The molecule has 0 radical (unpaired) electrons. The number of ether oxygens (including phenoxy) is 3. The molecule has 4 N–H and O–H groups in total. The predicted molar refractivity (Wildman–Crippen MR) is 213 cm³/mol. The fourth-order valence-corrected chi connectivity index (χ4v) is 7.84. The van der Waals surface area contributed by atoms with Crippen molar-refractivity contribution < 1.29 is 38.4 Å². The van der Waals surface area contributed by atoms with E-state index in [0.29, 0.717) is 53.0 Å². The maximum atomic E-state index is 15.1. The minimum absolute atomic E-state index is 0.0535. The van der Waals surface area contributed by atoms with Crippen LogP contribution in [0.2, 0.25) is 0 Å². The third-order valence-electron chi connectivity index (χ3n) is 11.0. The van der Waals surface area contributed by atoms with Crippen molar-refractivity contribution in [1.82, 2.24) is 15.2 Å². The van der Waals surface area contributed by atoms with Gasteiger partial charge in [0.1, 0.15) is 30.0 Å². The lowest BCUT2D eigenvalue weighted by atomic mass is 9.86. The number of H-pyrrole nitrogens is 1. The number of benzene rings is 4. The van der Waals surface area contributed by atoms with E-state index < -0.39 is 30.0 Å². The number of fused-ring (bicyclic) bond motifs is 4. The number of hydrogen-bond donors (Lipinski definition) is 4. The Bertz CT molecular complexity index is 2220. The third-order valence-corrected chi connectivity index (χ3v) is 11.0. The number of phenolic OH excluding ortho intramolecular Hbond substituents is 1. The summed E-state index contributed by atoms with van der Waals surface area (Å²) in [5.41, 5.74) is 2.65. The molecule has 0 spiro atoms. The van der Waals surface area contributed by atoms with Crippen LogP contribution in [0.5, 0.6) is 11.5 Å². The fraction of sp³-hybridized carbons (Fsp3) is 0.356. The number of nitrogens with zero attached hydrogens (tertiary/aromatic N) is 1. The molecule has 0 saturated carbocycles. The van der Waals surface area contributed by atoms with Crippen LogP contribution in [-0.2, 0) is 16.1 Å². The number of aliphatic hydroxyl groups excluding tert-OH is 1. The molecule has 4 aromatic carbocycles. The van der Waals surface area contributed by atoms with E-state index in [4.69, 9.17) is 14.2 Å². The third kappa shape index (κ3) is 10.00. The smallest absolute Gasteiger partial charge is 0.408 e. The number of unbranched alkanes of at least 4 members (excludes halogenated alkanes) is 3. The second-order valence-electron chi connectivity index (χ2n) is 14.9. The summed E-state index contributed by atoms with van der Waals surface area (Å²) in [6.45, 7) is 3.07. The van der Waals surface area contributed by atoms with Gasteiger partial charge in [0.2, 0.25) is 5.56 Å². The number of phenols is 1. The van der Waals surface area contributed by atoms with Crippen molar-refractivity contribution >= 4 is 23.0 Å². The molecule has 3 saturated heterocycles. The Morgan fingerprint density at radius 2 is 1.68 bits per heavy atom. The van der Waals surface area contributed by atoms with E-state index in [2.05, 4.69) is 15.2 Å². The summed E-state index contributed by atoms with van der Waals surface area (Å²) >= 11 is 0. The molecule has 57 heavy (non-hydrogen) atoms. The molecule has 11 nitrogen and oxygen atoms in total. The van der Waals surface area contributed by atoms with E-state index in [0.717, 1.165) is 56.4 Å². The number of halogens is 1. The van der Waals surface area contributed by atoms with E-state index in [1.807, 2.05) is 48.5 Å². The number of piperidine rings is 3. The number of carbonyl (C=O) groups excluding carboxylic acids is 2. The van der Waals surface area contributed by atoms with Gasteiger partial charge >= 0.3 is 12.1 Å². The van der Waals surface area contributed by atoms with Gasteiger partial charge in [-0.05, 0) is 103 Å². The van der Waals surface area contributed by atoms with Crippen LogP contribution in [0.25, 0.3) is 10.9 Å². The first-order valence-corrected chi connectivity index (χ1v) is 19.7. The lowest BCUT2D eigenvalue weighted by Crippen LogP contribution is -2.52. The molecule has 298 valence electrons. The second kappa shape index (κ2) is 18.5. The van der Waals surface area contributed by atoms with Crippen LogP contribution >= 0.6 is 0 Å². The number of rotatable bonds is 16. The van der Waals surface area contributed by atoms with Crippen LogP contribution in [-0.4, -0.2) is 64.5 Å². The molecule has 2 bridgehead atoms. The van der Waals surface area contributed by atoms with Crippen molar-refractivity contribution in [2.75, 3.05) is 26.2 Å². The molecular weight excluding hydrogens is 730 g/mol. The number of amides is 1. The molecule has 8 rings (SSSR count). The van der Waals surface area contributed by atoms with Crippen molar-refractivity contribution in [2.45, 2.75) is 69.8 Å². The minimum Gasteiger partial charge on any atom is -0.506 e. The molecule has 1 amide bonds. The molecule has 4 heterocycles. The number of nitrogens with one attached hydrogen (secondary N) is 2. The molecule has 0 aliphatic carbocycles. The number of aromatic nitrogens is 1. The molecule has 5 aromatic rings. The van der Waals surface area contributed by atoms with Gasteiger partial charge in [0, 0.05) is 18.0 Å². The van der Waals surface area contributed by atoms with Crippen LogP contribution in [0.3, 0.4) is 0 Å². The van der Waals surface area contributed by atoms with Crippen LogP contribution in [0.15, 0.2) is 102 Å². The summed E-state index contributed by atoms with van der Waals surface area (Å²) in [5, 5.41) is 24.5. The first-order valence-electron chi connectivity index (χ1n) is 19.7. The van der Waals surface area contributed by atoms with Gasteiger partial charge in [-0.2, -0.15) is 0 Å². The predicted octanol–water partition coefficient (Wildman–Crippen LogP) is 7.70. The number of esters is 1. The summed E-state index contributed by atoms with van der Waals surface area (Å²) < 4.78 is 32.4. The molecule has 12 heteroatoms. The minimum atomic E-state index is -0.774.